The minimum Gasteiger partial charge on any atom is -0.497 e. The largest absolute Gasteiger partial charge is 0.497 e. The monoisotopic (exact) mass is 385 g/mol. The summed E-state index contributed by atoms with van der Waals surface area (Å²) in [5.74, 6) is 0.367. The van der Waals surface area contributed by atoms with Crippen molar-refractivity contribution < 1.29 is 9.53 Å². The SMILES string of the molecule is COc1cccc(CNC(=O)c2nn(-c3ccccc3)c(=O)c3ccccc23)c1. The maximum absolute atomic E-state index is 13.0. The van der Waals surface area contributed by atoms with Crippen LogP contribution >= 0.6 is 0 Å². The number of aromatic nitrogens is 2. The first-order chi connectivity index (χ1) is 14.2. The van der Waals surface area contributed by atoms with Crippen molar-refractivity contribution in [2.75, 3.05) is 7.11 Å². The van der Waals surface area contributed by atoms with E-state index in [2.05, 4.69) is 10.4 Å². The number of hydrogen-bond donors (Lipinski definition) is 1. The second-order valence-corrected chi connectivity index (χ2v) is 6.48. The molecule has 3 aromatic carbocycles. The number of rotatable bonds is 5. The van der Waals surface area contributed by atoms with Gasteiger partial charge in [-0.2, -0.15) is 9.78 Å². The van der Waals surface area contributed by atoms with Crippen LogP contribution < -0.4 is 15.6 Å². The number of fused-ring (bicyclic) bond motifs is 1. The average Bonchev–Trinajstić information content (AvgIpc) is 2.78. The zero-order valence-corrected chi connectivity index (χ0v) is 15.8. The second kappa shape index (κ2) is 7.98. The molecule has 0 aliphatic rings. The highest BCUT2D eigenvalue weighted by Crippen LogP contribution is 2.16. The zero-order valence-electron chi connectivity index (χ0n) is 15.8. The van der Waals surface area contributed by atoms with Gasteiger partial charge in [0, 0.05) is 11.9 Å². The van der Waals surface area contributed by atoms with E-state index >= 15 is 0 Å². The van der Waals surface area contributed by atoms with Crippen molar-refractivity contribution in [2.45, 2.75) is 6.54 Å². The van der Waals surface area contributed by atoms with Crippen molar-refractivity contribution in [3.05, 3.63) is 100 Å². The molecule has 4 aromatic rings. The molecule has 6 heteroatoms. The van der Waals surface area contributed by atoms with E-state index < -0.39 is 0 Å². The molecule has 29 heavy (non-hydrogen) atoms. The van der Waals surface area contributed by atoms with Crippen molar-refractivity contribution in [1.29, 1.82) is 0 Å². The standard InChI is InChI=1S/C23H19N3O3/c1-29-18-11-7-8-16(14-18)15-24-22(27)21-19-12-5-6-13-20(19)23(28)26(25-21)17-9-3-2-4-10-17/h2-14H,15H2,1H3,(H,24,27). The molecule has 1 N–H and O–H groups in total. The molecule has 0 radical (unpaired) electrons. The van der Waals surface area contributed by atoms with E-state index in [-0.39, 0.29) is 17.2 Å². The van der Waals surface area contributed by atoms with Crippen LogP contribution in [0.3, 0.4) is 0 Å². The van der Waals surface area contributed by atoms with E-state index in [0.717, 1.165) is 11.3 Å². The Morgan fingerprint density at radius 2 is 1.69 bits per heavy atom. The molecular formula is C23H19N3O3. The smallest absolute Gasteiger partial charge is 0.279 e. The molecule has 1 amide bonds. The van der Waals surface area contributed by atoms with Gasteiger partial charge in [0.25, 0.3) is 11.5 Å². The number of nitrogens with zero attached hydrogens (tertiary/aromatic N) is 2. The van der Waals surface area contributed by atoms with Gasteiger partial charge in [0.05, 0.1) is 18.2 Å². The van der Waals surface area contributed by atoms with Crippen molar-refractivity contribution >= 4 is 16.7 Å². The van der Waals surface area contributed by atoms with Crippen LogP contribution in [0.1, 0.15) is 16.1 Å². The molecule has 144 valence electrons. The van der Waals surface area contributed by atoms with Crippen LogP contribution in [-0.4, -0.2) is 22.8 Å². The number of carbonyl (C=O) groups excluding carboxylic acids is 1. The van der Waals surface area contributed by atoms with Crippen LogP contribution in [0.15, 0.2) is 83.7 Å². The Hall–Kier alpha value is -3.93. The Kier molecular flexibility index (Phi) is 5.07. The molecule has 1 aromatic heterocycles. The lowest BCUT2D eigenvalue weighted by Gasteiger charge is -2.11. The topological polar surface area (TPSA) is 73.2 Å². The summed E-state index contributed by atoms with van der Waals surface area (Å²) in [5.41, 5.74) is 1.44. The van der Waals surface area contributed by atoms with E-state index in [1.807, 2.05) is 42.5 Å². The van der Waals surface area contributed by atoms with Gasteiger partial charge in [0.1, 0.15) is 5.75 Å². The molecule has 0 unspecified atom stereocenters. The fraction of sp³-hybridized carbons (Fsp3) is 0.0870. The minimum atomic E-state index is -0.353. The molecule has 0 atom stereocenters. The number of ether oxygens (including phenoxy) is 1. The molecule has 0 saturated carbocycles. The quantitative estimate of drug-likeness (QED) is 0.572. The van der Waals surface area contributed by atoms with E-state index in [9.17, 15) is 9.59 Å². The number of methoxy groups -OCH3 is 1. The fourth-order valence-electron chi connectivity index (χ4n) is 3.15. The normalized spacial score (nSPS) is 10.7. The number of carbonyl (C=O) groups is 1. The first-order valence-corrected chi connectivity index (χ1v) is 9.16. The van der Waals surface area contributed by atoms with Crippen LogP contribution in [-0.2, 0) is 6.54 Å². The molecule has 0 spiro atoms. The molecule has 1 heterocycles. The predicted molar refractivity (Wildman–Crippen MR) is 112 cm³/mol. The fourth-order valence-corrected chi connectivity index (χ4v) is 3.15. The van der Waals surface area contributed by atoms with Crippen molar-refractivity contribution in [2.24, 2.45) is 0 Å². The molecule has 4 rings (SSSR count). The van der Waals surface area contributed by atoms with E-state index in [0.29, 0.717) is 23.0 Å². The van der Waals surface area contributed by atoms with Gasteiger partial charge >= 0.3 is 0 Å². The number of amides is 1. The highest BCUT2D eigenvalue weighted by Gasteiger charge is 2.17. The average molecular weight is 385 g/mol. The van der Waals surface area contributed by atoms with Crippen LogP contribution in [0.2, 0.25) is 0 Å². The first kappa shape index (κ1) is 18.4. The summed E-state index contributed by atoms with van der Waals surface area (Å²) < 4.78 is 6.49. The third-order valence-corrected chi connectivity index (χ3v) is 4.61. The molecule has 0 fully saturated rings. The van der Waals surface area contributed by atoms with Crippen molar-refractivity contribution in [1.82, 2.24) is 15.1 Å². The van der Waals surface area contributed by atoms with Crippen LogP contribution in [0.4, 0.5) is 0 Å². The van der Waals surface area contributed by atoms with Gasteiger partial charge in [0.15, 0.2) is 5.69 Å². The van der Waals surface area contributed by atoms with Gasteiger partial charge in [-0.25, -0.2) is 0 Å². The van der Waals surface area contributed by atoms with Crippen LogP contribution in [0.5, 0.6) is 5.75 Å². The maximum atomic E-state index is 13.0. The number of nitrogens with one attached hydrogen (secondary N) is 1. The van der Waals surface area contributed by atoms with Gasteiger partial charge in [-0.1, -0.05) is 48.5 Å². The first-order valence-electron chi connectivity index (χ1n) is 9.16. The predicted octanol–water partition coefficient (Wildman–Crippen LogP) is 3.32. The van der Waals surface area contributed by atoms with Crippen LogP contribution in [0.25, 0.3) is 16.5 Å². The number of para-hydroxylation sites is 1. The maximum Gasteiger partial charge on any atom is 0.279 e. The molecule has 6 nitrogen and oxygen atoms in total. The van der Waals surface area contributed by atoms with E-state index in [1.54, 1.807) is 43.5 Å². The Balaban J connectivity index is 1.73. The summed E-state index contributed by atoms with van der Waals surface area (Å²) in [7, 11) is 1.60. The lowest BCUT2D eigenvalue weighted by Crippen LogP contribution is -2.29. The lowest BCUT2D eigenvalue weighted by molar-refractivity contribution is 0.0946. The summed E-state index contributed by atoms with van der Waals surface area (Å²) in [4.78, 5) is 25.9. The molecule has 0 aliphatic carbocycles. The van der Waals surface area contributed by atoms with Gasteiger partial charge in [0.2, 0.25) is 0 Å². The van der Waals surface area contributed by atoms with Gasteiger partial charge in [-0.3, -0.25) is 9.59 Å². The van der Waals surface area contributed by atoms with Gasteiger partial charge in [-0.15, -0.1) is 0 Å². The third-order valence-electron chi connectivity index (χ3n) is 4.61. The number of benzene rings is 3. The molecule has 0 saturated heterocycles. The molecule has 0 bridgehead atoms. The summed E-state index contributed by atoms with van der Waals surface area (Å²) in [6.45, 7) is 0.316. The molecule has 0 aliphatic heterocycles. The Bertz CT molecular complexity index is 1230. The Labute approximate surface area is 167 Å². The van der Waals surface area contributed by atoms with Crippen molar-refractivity contribution in [3.63, 3.8) is 0 Å². The lowest BCUT2D eigenvalue weighted by atomic mass is 10.1. The third kappa shape index (κ3) is 3.73. The van der Waals surface area contributed by atoms with Crippen LogP contribution in [0, 0.1) is 0 Å². The Morgan fingerprint density at radius 1 is 0.966 bits per heavy atom. The minimum absolute atomic E-state index is 0.201. The van der Waals surface area contributed by atoms with E-state index in [4.69, 9.17) is 4.74 Å². The van der Waals surface area contributed by atoms with Gasteiger partial charge < -0.3 is 10.1 Å². The highest BCUT2D eigenvalue weighted by atomic mass is 16.5. The van der Waals surface area contributed by atoms with Gasteiger partial charge in [-0.05, 0) is 35.9 Å². The van der Waals surface area contributed by atoms with Crippen molar-refractivity contribution in [3.8, 4) is 11.4 Å². The number of hydrogen-bond acceptors (Lipinski definition) is 4. The zero-order chi connectivity index (χ0) is 20.2. The Morgan fingerprint density at radius 3 is 2.45 bits per heavy atom. The second-order valence-electron chi connectivity index (χ2n) is 6.48. The summed E-state index contributed by atoms with van der Waals surface area (Å²) in [6, 6.07) is 23.5. The van der Waals surface area contributed by atoms with E-state index in [1.165, 1.54) is 4.68 Å². The summed E-state index contributed by atoms with van der Waals surface area (Å²) in [5, 5.41) is 8.23. The summed E-state index contributed by atoms with van der Waals surface area (Å²) >= 11 is 0. The molecular weight excluding hydrogens is 366 g/mol. The highest BCUT2D eigenvalue weighted by molar-refractivity contribution is 6.04. The summed E-state index contributed by atoms with van der Waals surface area (Å²) in [6.07, 6.45) is 0.